The maximum Gasteiger partial charge on any atom is 0.173 e. The molecule has 0 radical (unpaired) electrons. The second-order valence-corrected chi connectivity index (χ2v) is 7.56. The molecule has 0 saturated carbocycles. The summed E-state index contributed by atoms with van der Waals surface area (Å²) >= 11 is 7.60. The molecule has 1 aromatic heterocycles. The lowest BCUT2D eigenvalue weighted by Gasteiger charge is -2.09. The summed E-state index contributed by atoms with van der Waals surface area (Å²) in [6.45, 7) is 0.695. The summed E-state index contributed by atoms with van der Waals surface area (Å²) in [5.41, 5.74) is 3.76. The van der Waals surface area contributed by atoms with E-state index in [0.717, 1.165) is 21.8 Å². The minimum absolute atomic E-state index is 0.0944. The molecule has 0 aliphatic carbocycles. The molecule has 3 nitrogen and oxygen atoms in total. The van der Waals surface area contributed by atoms with Crippen molar-refractivity contribution < 1.29 is 4.79 Å². The first kappa shape index (κ1) is 17.8. The van der Waals surface area contributed by atoms with Gasteiger partial charge in [0, 0.05) is 10.6 Å². The number of carbonyl (C=O) groups excluding carboxylic acids is 1. The van der Waals surface area contributed by atoms with Crippen LogP contribution in [0.5, 0.6) is 0 Å². The fourth-order valence-corrected chi connectivity index (χ4v) is 4.02. The number of fused-ring (bicyclic) bond motifs is 1. The lowest BCUT2D eigenvalue weighted by atomic mass is 10.2. The van der Waals surface area contributed by atoms with Crippen LogP contribution in [-0.2, 0) is 6.54 Å². The highest BCUT2D eigenvalue weighted by atomic mass is 35.5. The maximum absolute atomic E-state index is 12.5. The predicted molar refractivity (Wildman–Crippen MR) is 112 cm³/mol. The van der Waals surface area contributed by atoms with Crippen molar-refractivity contribution in [1.29, 1.82) is 0 Å². The number of aromatic nitrogens is 2. The Morgan fingerprint density at radius 1 is 0.963 bits per heavy atom. The van der Waals surface area contributed by atoms with Gasteiger partial charge in [-0.05, 0) is 23.8 Å². The molecule has 0 N–H and O–H groups in total. The molecule has 0 spiro atoms. The molecule has 5 heteroatoms. The van der Waals surface area contributed by atoms with Gasteiger partial charge in [-0.25, -0.2) is 4.98 Å². The Hall–Kier alpha value is -2.56. The molecule has 0 saturated heterocycles. The third kappa shape index (κ3) is 4.07. The zero-order valence-corrected chi connectivity index (χ0v) is 16.1. The van der Waals surface area contributed by atoms with E-state index in [4.69, 9.17) is 16.6 Å². The molecule has 0 aliphatic heterocycles. The summed E-state index contributed by atoms with van der Waals surface area (Å²) in [7, 11) is 0. The number of imidazole rings is 1. The molecule has 1 heterocycles. The molecule has 0 fully saturated rings. The number of hydrogen-bond donors (Lipinski definition) is 0. The fourth-order valence-electron chi connectivity index (χ4n) is 2.95. The van der Waals surface area contributed by atoms with Crippen molar-refractivity contribution in [3.8, 4) is 0 Å². The van der Waals surface area contributed by atoms with Crippen molar-refractivity contribution in [3.05, 3.63) is 95.0 Å². The average molecular weight is 393 g/mol. The van der Waals surface area contributed by atoms with Gasteiger partial charge in [0.25, 0.3) is 0 Å². The summed E-state index contributed by atoms with van der Waals surface area (Å²) in [5, 5.41) is 1.48. The number of ketones is 1. The van der Waals surface area contributed by atoms with E-state index < -0.39 is 0 Å². The van der Waals surface area contributed by atoms with Gasteiger partial charge in [-0.1, -0.05) is 84.0 Å². The first-order valence-electron chi connectivity index (χ1n) is 8.61. The molecule has 0 bridgehead atoms. The van der Waals surface area contributed by atoms with E-state index in [-0.39, 0.29) is 5.78 Å². The van der Waals surface area contributed by atoms with Crippen LogP contribution in [0.4, 0.5) is 0 Å². The second kappa shape index (κ2) is 7.99. The first-order chi connectivity index (χ1) is 13.2. The summed E-state index contributed by atoms with van der Waals surface area (Å²) in [6.07, 6.45) is 0. The topological polar surface area (TPSA) is 34.9 Å². The Bertz CT molecular complexity index is 1080. The van der Waals surface area contributed by atoms with Crippen LogP contribution in [0.2, 0.25) is 5.02 Å². The van der Waals surface area contributed by atoms with Crippen molar-refractivity contribution in [2.75, 3.05) is 5.75 Å². The summed E-state index contributed by atoms with van der Waals surface area (Å²) in [4.78, 5) is 17.2. The van der Waals surface area contributed by atoms with Crippen LogP contribution in [0.15, 0.2) is 84.0 Å². The van der Waals surface area contributed by atoms with E-state index in [1.807, 2.05) is 66.7 Å². The number of Topliss-reactive ketones (excluding diaryl/α,β-unsaturated/α-hetero) is 1. The van der Waals surface area contributed by atoms with Gasteiger partial charge in [-0.3, -0.25) is 4.79 Å². The van der Waals surface area contributed by atoms with Gasteiger partial charge in [0.2, 0.25) is 0 Å². The molecule has 0 atom stereocenters. The maximum atomic E-state index is 12.5. The number of thioether (sulfide) groups is 1. The van der Waals surface area contributed by atoms with Gasteiger partial charge < -0.3 is 4.57 Å². The fraction of sp³-hybridized carbons (Fsp3) is 0.0909. The molecular weight excluding hydrogens is 376 g/mol. The molecule has 27 heavy (non-hydrogen) atoms. The zero-order valence-electron chi connectivity index (χ0n) is 14.5. The average Bonchev–Trinajstić information content (AvgIpc) is 3.04. The number of halogens is 1. The standard InChI is InChI=1S/C22H17ClN2OS/c23-18-11-12-20-19(13-18)24-22(25(20)14-16-7-3-1-4-8-16)27-15-21(26)17-9-5-2-6-10-17/h1-13H,14-15H2. The third-order valence-electron chi connectivity index (χ3n) is 4.29. The van der Waals surface area contributed by atoms with Gasteiger partial charge in [0.1, 0.15) is 0 Å². The van der Waals surface area contributed by atoms with E-state index in [2.05, 4.69) is 16.7 Å². The molecular formula is C22H17ClN2OS. The van der Waals surface area contributed by atoms with E-state index in [1.54, 1.807) is 0 Å². The lowest BCUT2D eigenvalue weighted by molar-refractivity contribution is 0.102. The van der Waals surface area contributed by atoms with Crippen molar-refractivity contribution in [1.82, 2.24) is 9.55 Å². The summed E-state index contributed by atoms with van der Waals surface area (Å²) < 4.78 is 2.14. The van der Waals surface area contributed by atoms with Crippen molar-refractivity contribution in [2.45, 2.75) is 11.7 Å². The van der Waals surface area contributed by atoms with Crippen LogP contribution < -0.4 is 0 Å². The Morgan fingerprint density at radius 3 is 2.41 bits per heavy atom. The van der Waals surface area contributed by atoms with Crippen LogP contribution in [0.3, 0.4) is 0 Å². The predicted octanol–water partition coefficient (Wildman–Crippen LogP) is 5.71. The highest BCUT2D eigenvalue weighted by Crippen LogP contribution is 2.27. The molecule has 4 aromatic rings. The number of carbonyl (C=O) groups is 1. The Balaban J connectivity index is 1.64. The van der Waals surface area contributed by atoms with Crippen molar-refractivity contribution >= 4 is 40.2 Å². The Morgan fingerprint density at radius 2 is 1.67 bits per heavy atom. The van der Waals surface area contributed by atoms with Gasteiger partial charge in [-0.15, -0.1) is 0 Å². The minimum Gasteiger partial charge on any atom is -0.314 e. The molecule has 0 aliphatic rings. The minimum atomic E-state index is 0.0944. The first-order valence-corrected chi connectivity index (χ1v) is 9.98. The number of rotatable bonds is 6. The van der Waals surface area contributed by atoms with Crippen LogP contribution in [0.25, 0.3) is 11.0 Å². The van der Waals surface area contributed by atoms with E-state index >= 15 is 0 Å². The molecule has 3 aromatic carbocycles. The normalized spacial score (nSPS) is 11.0. The van der Waals surface area contributed by atoms with Crippen LogP contribution >= 0.6 is 23.4 Å². The van der Waals surface area contributed by atoms with Gasteiger partial charge in [0.15, 0.2) is 10.9 Å². The highest BCUT2D eigenvalue weighted by Gasteiger charge is 2.14. The smallest absolute Gasteiger partial charge is 0.173 e. The van der Waals surface area contributed by atoms with Gasteiger partial charge in [-0.2, -0.15) is 0 Å². The third-order valence-corrected chi connectivity index (χ3v) is 5.50. The van der Waals surface area contributed by atoms with E-state index in [0.29, 0.717) is 17.3 Å². The second-order valence-electron chi connectivity index (χ2n) is 6.18. The number of nitrogens with zero attached hydrogens (tertiary/aromatic N) is 2. The SMILES string of the molecule is O=C(CSc1nc2cc(Cl)ccc2n1Cc1ccccc1)c1ccccc1. The zero-order chi connectivity index (χ0) is 18.6. The van der Waals surface area contributed by atoms with Crippen LogP contribution in [0.1, 0.15) is 15.9 Å². The highest BCUT2D eigenvalue weighted by molar-refractivity contribution is 7.99. The van der Waals surface area contributed by atoms with E-state index in [1.165, 1.54) is 17.3 Å². The Kier molecular flexibility index (Phi) is 5.28. The van der Waals surface area contributed by atoms with Crippen molar-refractivity contribution in [3.63, 3.8) is 0 Å². The summed E-state index contributed by atoms with van der Waals surface area (Å²) in [5.74, 6) is 0.438. The number of hydrogen-bond acceptors (Lipinski definition) is 3. The number of benzene rings is 3. The van der Waals surface area contributed by atoms with E-state index in [9.17, 15) is 4.79 Å². The largest absolute Gasteiger partial charge is 0.314 e. The molecule has 134 valence electrons. The van der Waals surface area contributed by atoms with Crippen molar-refractivity contribution in [2.24, 2.45) is 0 Å². The quantitative estimate of drug-likeness (QED) is 0.311. The monoisotopic (exact) mass is 392 g/mol. The van der Waals surface area contributed by atoms with Crippen LogP contribution in [0, 0.1) is 0 Å². The molecule has 4 rings (SSSR count). The lowest BCUT2D eigenvalue weighted by Crippen LogP contribution is -2.05. The molecule has 0 unspecified atom stereocenters. The van der Waals surface area contributed by atoms with Gasteiger partial charge in [0.05, 0.1) is 23.3 Å². The molecule has 0 amide bonds. The van der Waals surface area contributed by atoms with Gasteiger partial charge >= 0.3 is 0 Å². The van der Waals surface area contributed by atoms with Crippen LogP contribution in [-0.4, -0.2) is 21.1 Å². The Labute approximate surface area is 167 Å². The summed E-state index contributed by atoms with van der Waals surface area (Å²) in [6, 6.07) is 25.3.